The van der Waals surface area contributed by atoms with Crippen LogP contribution in [0.25, 0.3) is 0 Å². The third-order valence-corrected chi connectivity index (χ3v) is 2.67. The molecule has 1 atom stereocenters. The van der Waals surface area contributed by atoms with E-state index in [1.165, 1.54) is 0 Å². The summed E-state index contributed by atoms with van der Waals surface area (Å²) >= 11 is 0. The number of hydrazine groups is 1. The second kappa shape index (κ2) is 8.16. The van der Waals surface area contributed by atoms with Gasteiger partial charge in [-0.15, -0.1) is 0 Å². The fraction of sp³-hybridized carbons (Fsp3) is 0.429. The lowest BCUT2D eigenvalue weighted by molar-refractivity contribution is -0.123. The van der Waals surface area contributed by atoms with Gasteiger partial charge < -0.3 is 10.1 Å². The van der Waals surface area contributed by atoms with Crippen molar-refractivity contribution in [1.29, 1.82) is 0 Å². The topological polar surface area (TPSA) is 93.4 Å². The molecule has 1 rings (SSSR count). The lowest BCUT2D eigenvalue weighted by Gasteiger charge is -2.18. The smallest absolute Gasteiger partial charge is 0.408 e. The summed E-state index contributed by atoms with van der Waals surface area (Å²) in [6.45, 7) is 4.06. The minimum Gasteiger partial charge on any atom is -0.445 e. The van der Waals surface area contributed by atoms with Crippen LogP contribution in [0.2, 0.25) is 0 Å². The largest absolute Gasteiger partial charge is 0.445 e. The fourth-order valence-corrected chi connectivity index (χ4v) is 1.71. The molecular formula is C14H21N3O3. The summed E-state index contributed by atoms with van der Waals surface area (Å²) in [5.41, 5.74) is 2.92. The van der Waals surface area contributed by atoms with Crippen molar-refractivity contribution in [3.05, 3.63) is 35.9 Å². The Labute approximate surface area is 118 Å². The number of nitrogens with two attached hydrogens (primary N) is 1. The van der Waals surface area contributed by atoms with Crippen LogP contribution in [0, 0.1) is 5.92 Å². The Morgan fingerprint density at radius 2 is 1.90 bits per heavy atom. The molecular weight excluding hydrogens is 258 g/mol. The highest BCUT2D eigenvalue weighted by Gasteiger charge is 2.21. The van der Waals surface area contributed by atoms with E-state index in [9.17, 15) is 9.59 Å². The van der Waals surface area contributed by atoms with Gasteiger partial charge >= 0.3 is 6.09 Å². The van der Waals surface area contributed by atoms with Gasteiger partial charge in [-0.3, -0.25) is 10.2 Å². The zero-order valence-electron chi connectivity index (χ0n) is 11.8. The Morgan fingerprint density at radius 1 is 1.25 bits per heavy atom. The van der Waals surface area contributed by atoms with E-state index in [0.717, 1.165) is 5.56 Å². The first-order valence-electron chi connectivity index (χ1n) is 6.50. The number of carbonyl (C=O) groups excluding carboxylic acids is 2. The number of benzene rings is 1. The van der Waals surface area contributed by atoms with E-state index >= 15 is 0 Å². The van der Waals surface area contributed by atoms with Crippen molar-refractivity contribution >= 4 is 12.0 Å². The average Bonchev–Trinajstić information content (AvgIpc) is 2.44. The van der Waals surface area contributed by atoms with Gasteiger partial charge in [0.05, 0.1) is 0 Å². The second-order valence-corrected chi connectivity index (χ2v) is 4.90. The molecule has 0 aliphatic carbocycles. The highest BCUT2D eigenvalue weighted by molar-refractivity contribution is 5.85. The Morgan fingerprint density at radius 3 is 2.45 bits per heavy atom. The van der Waals surface area contributed by atoms with Crippen molar-refractivity contribution < 1.29 is 14.3 Å². The van der Waals surface area contributed by atoms with Crippen molar-refractivity contribution in [3.8, 4) is 0 Å². The van der Waals surface area contributed by atoms with Crippen molar-refractivity contribution in [1.82, 2.24) is 10.7 Å². The summed E-state index contributed by atoms with van der Waals surface area (Å²) in [5, 5.41) is 2.52. The van der Waals surface area contributed by atoms with Gasteiger partial charge in [-0.2, -0.15) is 0 Å². The maximum absolute atomic E-state index is 11.7. The first-order chi connectivity index (χ1) is 9.52. The zero-order chi connectivity index (χ0) is 15.0. The van der Waals surface area contributed by atoms with Crippen LogP contribution in [-0.2, 0) is 16.1 Å². The molecule has 0 radical (unpaired) electrons. The van der Waals surface area contributed by atoms with Gasteiger partial charge in [-0.25, -0.2) is 10.6 Å². The van der Waals surface area contributed by atoms with E-state index < -0.39 is 18.0 Å². The van der Waals surface area contributed by atoms with E-state index in [-0.39, 0.29) is 12.5 Å². The van der Waals surface area contributed by atoms with Crippen molar-refractivity contribution in [2.75, 3.05) is 0 Å². The normalized spacial score (nSPS) is 11.8. The molecule has 6 nitrogen and oxygen atoms in total. The van der Waals surface area contributed by atoms with Gasteiger partial charge in [0.2, 0.25) is 0 Å². The molecule has 2 amide bonds. The molecule has 0 aliphatic rings. The predicted octanol–water partition coefficient (Wildman–Crippen LogP) is 1.32. The molecule has 0 aliphatic heterocycles. The maximum Gasteiger partial charge on any atom is 0.408 e. The summed E-state index contributed by atoms with van der Waals surface area (Å²) in [7, 11) is 0. The summed E-state index contributed by atoms with van der Waals surface area (Å²) in [5.74, 6) is 4.91. The first-order valence-corrected chi connectivity index (χ1v) is 6.50. The third-order valence-electron chi connectivity index (χ3n) is 2.67. The van der Waals surface area contributed by atoms with E-state index in [1.807, 2.05) is 49.6 Å². The molecule has 0 aromatic heterocycles. The van der Waals surface area contributed by atoms with Crippen molar-refractivity contribution in [3.63, 3.8) is 0 Å². The number of alkyl carbamates (subject to hydrolysis) is 1. The lowest BCUT2D eigenvalue weighted by Crippen LogP contribution is -2.49. The van der Waals surface area contributed by atoms with Gasteiger partial charge in [0.25, 0.3) is 5.91 Å². The Bertz CT molecular complexity index is 435. The number of carbonyl (C=O) groups is 2. The van der Waals surface area contributed by atoms with Gasteiger partial charge in [0, 0.05) is 0 Å². The SMILES string of the molecule is CC(C)CC(NC(=O)OCc1ccccc1)C(=O)NN. The molecule has 0 spiro atoms. The van der Waals surface area contributed by atoms with Gasteiger partial charge in [-0.05, 0) is 17.9 Å². The van der Waals surface area contributed by atoms with Gasteiger partial charge in [0.1, 0.15) is 12.6 Å². The molecule has 0 saturated carbocycles. The standard InChI is InChI=1S/C14H21N3O3/c1-10(2)8-12(13(18)17-15)16-14(19)20-9-11-6-4-3-5-7-11/h3-7,10,12H,8-9,15H2,1-2H3,(H,16,19)(H,17,18). The molecule has 0 heterocycles. The second-order valence-electron chi connectivity index (χ2n) is 4.90. The molecule has 6 heteroatoms. The Kier molecular flexibility index (Phi) is 6.52. The molecule has 20 heavy (non-hydrogen) atoms. The summed E-state index contributed by atoms with van der Waals surface area (Å²) in [6, 6.07) is 8.62. The third kappa shape index (κ3) is 5.71. The van der Waals surface area contributed by atoms with E-state index in [0.29, 0.717) is 6.42 Å². The van der Waals surface area contributed by atoms with E-state index in [4.69, 9.17) is 10.6 Å². The minimum atomic E-state index is -0.691. The summed E-state index contributed by atoms with van der Waals surface area (Å²) in [6.07, 6.45) is -0.146. The molecule has 1 unspecified atom stereocenters. The van der Waals surface area contributed by atoms with Crippen LogP contribution in [-0.4, -0.2) is 18.0 Å². The van der Waals surface area contributed by atoms with Crippen LogP contribution < -0.4 is 16.6 Å². The molecule has 0 bridgehead atoms. The number of ether oxygens (including phenoxy) is 1. The zero-order valence-corrected chi connectivity index (χ0v) is 11.8. The van der Waals surface area contributed by atoms with E-state index in [2.05, 4.69) is 5.32 Å². The maximum atomic E-state index is 11.7. The van der Waals surface area contributed by atoms with Gasteiger partial charge in [-0.1, -0.05) is 44.2 Å². The summed E-state index contributed by atoms with van der Waals surface area (Å²) in [4.78, 5) is 23.2. The monoisotopic (exact) mass is 279 g/mol. The van der Waals surface area contributed by atoms with Crippen LogP contribution in [0.4, 0.5) is 4.79 Å². The predicted molar refractivity (Wildman–Crippen MR) is 75.3 cm³/mol. The van der Waals surface area contributed by atoms with Gasteiger partial charge in [0.15, 0.2) is 0 Å². The number of rotatable bonds is 6. The van der Waals surface area contributed by atoms with Crippen molar-refractivity contribution in [2.24, 2.45) is 11.8 Å². The number of hydrogen-bond donors (Lipinski definition) is 3. The average molecular weight is 279 g/mol. The molecule has 0 fully saturated rings. The highest BCUT2D eigenvalue weighted by atomic mass is 16.5. The Hall–Kier alpha value is -2.08. The number of nitrogens with one attached hydrogen (secondary N) is 2. The molecule has 1 aromatic rings. The Balaban J connectivity index is 2.47. The van der Waals surface area contributed by atoms with Crippen molar-refractivity contribution in [2.45, 2.75) is 32.9 Å². The van der Waals surface area contributed by atoms with Crippen LogP contribution >= 0.6 is 0 Å². The molecule has 1 aromatic carbocycles. The van der Waals surface area contributed by atoms with Crippen LogP contribution in [0.15, 0.2) is 30.3 Å². The van der Waals surface area contributed by atoms with E-state index in [1.54, 1.807) is 0 Å². The quantitative estimate of drug-likeness (QED) is 0.416. The lowest BCUT2D eigenvalue weighted by atomic mass is 10.0. The number of amides is 2. The van der Waals surface area contributed by atoms with Crippen LogP contribution in [0.1, 0.15) is 25.8 Å². The molecule has 0 saturated heterocycles. The summed E-state index contributed by atoms with van der Waals surface area (Å²) < 4.78 is 5.06. The van der Waals surface area contributed by atoms with Crippen LogP contribution in [0.5, 0.6) is 0 Å². The highest BCUT2D eigenvalue weighted by Crippen LogP contribution is 2.06. The minimum absolute atomic E-state index is 0.158. The first kappa shape index (κ1) is 16.0. The fourth-order valence-electron chi connectivity index (χ4n) is 1.71. The van der Waals surface area contributed by atoms with Crippen LogP contribution in [0.3, 0.4) is 0 Å². The molecule has 110 valence electrons. The number of hydrogen-bond acceptors (Lipinski definition) is 4. The molecule has 4 N–H and O–H groups in total.